The molecule has 5 heteroatoms. The van der Waals surface area contributed by atoms with E-state index in [2.05, 4.69) is 34.2 Å². The van der Waals surface area contributed by atoms with Crippen molar-refractivity contribution in [2.75, 3.05) is 13.7 Å². The van der Waals surface area contributed by atoms with Crippen LogP contribution in [0.5, 0.6) is 11.5 Å². The first-order valence-electron chi connectivity index (χ1n) is 6.97. The van der Waals surface area contributed by atoms with Gasteiger partial charge < -0.3 is 14.8 Å². The molecule has 2 rings (SSSR count). The summed E-state index contributed by atoms with van der Waals surface area (Å²) in [5.41, 5.74) is 1.12. The number of hydrogen-bond acceptors (Lipinski definition) is 4. The van der Waals surface area contributed by atoms with E-state index < -0.39 is 0 Å². The Morgan fingerprint density at radius 1 is 1.24 bits per heavy atom. The second kappa shape index (κ2) is 8.41. The minimum atomic E-state index is 0.587. The Bertz CT molecular complexity index is 571. The minimum absolute atomic E-state index is 0.587. The lowest BCUT2D eigenvalue weighted by Gasteiger charge is -2.13. The summed E-state index contributed by atoms with van der Waals surface area (Å²) in [6.07, 6.45) is 1.11. The molecule has 0 spiro atoms. The van der Waals surface area contributed by atoms with Crippen molar-refractivity contribution in [2.45, 2.75) is 26.5 Å². The number of rotatable bonds is 8. The SMILES string of the molecule is CCCNCc1cc(OC)ccc1OCc1ccc(Br)s1. The molecule has 1 N–H and O–H groups in total. The first-order chi connectivity index (χ1) is 10.2. The van der Waals surface area contributed by atoms with E-state index in [0.717, 1.165) is 40.4 Å². The van der Waals surface area contributed by atoms with Gasteiger partial charge in [-0.1, -0.05) is 6.92 Å². The van der Waals surface area contributed by atoms with E-state index in [1.54, 1.807) is 18.4 Å². The normalized spacial score (nSPS) is 10.6. The predicted octanol–water partition coefficient (Wildman–Crippen LogP) is 4.60. The Morgan fingerprint density at radius 2 is 2.10 bits per heavy atom. The molecule has 0 aliphatic heterocycles. The quantitative estimate of drug-likeness (QED) is 0.689. The van der Waals surface area contributed by atoms with E-state index in [4.69, 9.17) is 9.47 Å². The van der Waals surface area contributed by atoms with Gasteiger partial charge in [-0.05, 0) is 59.2 Å². The Labute approximate surface area is 138 Å². The average Bonchev–Trinajstić information content (AvgIpc) is 2.91. The van der Waals surface area contributed by atoms with Crippen molar-refractivity contribution in [1.29, 1.82) is 0 Å². The Hall–Kier alpha value is -1.04. The van der Waals surface area contributed by atoms with E-state index >= 15 is 0 Å². The summed E-state index contributed by atoms with van der Waals surface area (Å²) < 4.78 is 12.4. The van der Waals surface area contributed by atoms with Crippen molar-refractivity contribution < 1.29 is 9.47 Å². The molecule has 0 bridgehead atoms. The van der Waals surface area contributed by atoms with Crippen molar-refractivity contribution >= 4 is 27.3 Å². The molecule has 0 fully saturated rings. The van der Waals surface area contributed by atoms with Gasteiger partial charge in [0.1, 0.15) is 18.1 Å². The summed E-state index contributed by atoms with van der Waals surface area (Å²) >= 11 is 5.16. The first kappa shape index (κ1) is 16.3. The smallest absolute Gasteiger partial charge is 0.124 e. The highest BCUT2D eigenvalue weighted by atomic mass is 79.9. The maximum absolute atomic E-state index is 5.96. The van der Waals surface area contributed by atoms with Crippen molar-refractivity contribution in [2.24, 2.45) is 0 Å². The molecule has 3 nitrogen and oxygen atoms in total. The van der Waals surface area contributed by atoms with Gasteiger partial charge in [-0.15, -0.1) is 11.3 Å². The standard InChI is InChI=1S/C16H20BrNO2S/c1-3-8-18-10-12-9-13(19-2)4-6-15(12)20-11-14-5-7-16(17)21-14/h4-7,9,18H,3,8,10-11H2,1-2H3. The number of thiophene rings is 1. The second-order valence-electron chi connectivity index (χ2n) is 4.64. The lowest BCUT2D eigenvalue weighted by Crippen LogP contribution is -2.14. The second-order valence-corrected chi connectivity index (χ2v) is 7.19. The van der Waals surface area contributed by atoms with Crippen LogP contribution in [0, 0.1) is 0 Å². The molecule has 0 radical (unpaired) electrons. The van der Waals surface area contributed by atoms with Crippen LogP contribution in [0.2, 0.25) is 0 Å². The fourth-order valence-electron chi connectivity index (χ4n) is 1.94. The van der Waals surface area contributed by atoms with E-state index in [1.165, 1.54) is 4.88 Å². The van der Waals surface area contributed by atoms with Crippen LogP contribution in [-0.2, 0) is 13.2 Å². The van der Waals surface area contributed by atoms with Crippen molar-refractivity contribution in [3.8, 4) is 11.5 Å². The molecule has 0 aliphatic carbocycles. The summed E-state index contributed by atoms with van der Waals surface area (Å²) in [5, 5.41) is 3.40. The molecule has 21 heavy (non-hydrogen) atoms. The number of benzene rings is 1. The summed E-state index contributed by atoms with van der Waals surface area (Å²) in [5.74, 6) is 1.76. The highest BCUT2D eigenvalue weighted by Crippen LogP contribution is 2.27. The summed E-state index contributed by atoms with van der Waals surface area (Å²) in [7, 11) is 1.68. The Balaban J connectivity index is 2.05. The van der Waals surface area contributed by atoms with Gasteiger partial charge in [-0.3, -0.25) is 0 Å². The van der Waals surface area contributed by atoms with Gasteiger partial charge in [0.2, 0.25) is 0 Å². The third-order valence-corrected chi connectivity index (χ3v) is 4.61. The first-order valence-corrected chi connectivity index (χ1v) is 8.58. The zero-order valence-corrected chi connectivity index (χ0v) is 14.7. The third kappa shape index (κ3) is 5.02. The molecule has 0 saturated carbocycles. The van der Waals surface area contributed by atoms with Crippen LogP contribution in [0.4, 0.5) is 0 Å². The molecule has 0 atom stereocenters. The summed E-state index contributed by atoms with van der Waals surface area (Å²) in [6, 6.07) is 10.1. The molecule has 0 amide bonds. The number of hydrogen-bond donors (Lipinski definition) is 1. The predicted molar refractivity (Wildman–Crippen MR) is 91.3 cm³/mol. The van der Waals surface area contributed by atoms with Crippen molar-refractivity contribution in [3.63, 3.8) is 0 Å². The lowest BCUT2D eigenvalue weighted by molar-refractivity contribution is 0.304. The van der Waals surface area contributed by atoms with Crippen LogP contribution in [0.3, 0.4) is 0 Å². The van der Waals surface area contributed by atoms with E-state index in [9.17, 15) is 0 Å². The fourth-order valence-corrected chi connectivity index (χ4v) is 3.34. The van der Waals surface area contributed by atoms with Gasteiger partial charge in [0.25, 0.3) is 0 Å². The van der Waals surface area contributed by atoms with E-state index in [0.29, 0.717) is 6.61 Å². The number of halogens is 1. The van der Waals surface area contributed by atoms with Gasteiger partial charge in [0.15, 0.2) is 0 Å². The monoisotopic (exact) mass is 369 g/mol. The highest BCUT2D eigenvalue weighted by Gasteiger charge is 2.07. The summed E-state index contributed by atoms with van der Waals surface area (Å²) in [6.45, 7) is 4.52. The molecule has 0 unspecified atom stereocenters. The van der Waals surface area contributed by atoms with Gasteiger partial charge in [0, 0.05) is 17.0 Å². The van der Waals surface area contributed by atoms with E-state index in [1.807, 2.05) is 24.3 Å². The molecule has 2 aromatic rings. The molecule has 0 aliphatic rings. The topological polar surface area (TPSA) is 30.5 Å². The highest BCUT2D eigenvalue weighted by molar-refractivity contribution is 9.11. The average molecular weight is 370 g/mol. The van der Waals surface area contributed by atoms with Gasteiger partial charge in [-0.25, -0.2) is 0 Å². The molecule has 114 valence electrons. The lowest BCUT2D eigenvalue weighted by atomic mass is 10.2. The maximum atomic E-state index is 5.96. The van der Waals surface area contributed by atoms with Gasteiger partial charge >= 0.3 is 0 Å². The molecular weight excluding hydrogens is 350 g/mol. The Morgan fingerprint density at radius 3 is 2.76 bits per heavy atom. The van der Waals surface area contributed by atoms with Crippen LogP contribution in [0.25, 0.3) is 0 Å². The third-order valence-electron chi connectivity index (χ3n) is 3.01. The van der Waals surface area contributed by atoms with Crippen LogP contribution in [0.1, 0.15) is 23.8 Å². The largest absolute Gasteiger partial charge is 0.497 e. The molecular formula is C16H20BrNO2S. The Kier molecular flexibility index (Phi) is 6.54. The van der Waals surface area contributed by atoms with Crippen LogP contribution >= 0.6 is 27.3 Å². The summed E-state index contributed by atoms with van der Waals surface area (Å²) in [4.78, 5) is 1.20. The number of methoxy groups -OCH3 is 1. The maximum Gasteiger partial charge on any atom is 0.124 e. The van der Waals surface area contributed by atoms with Crippen LogP contribution in [-0.4, -0.2) is 13.7 Å². The van der Waals surface area contributed by atoms with E-state index in [-0.39, 0.29) is 0 Å². The minimum Gasteiger partial charge on any atom is -0.497 e. The number of ether oxygens (including phenoxy) is 2. The van der Waals surface area contributed by atoms with Crippen LogP contribution in [0.15, 0.2) is 34.1 Å². The molecule has 0 saturated heterocycles. The fraction of sp³-hybridized carbons (Fsp3) is 0.375. The zero-order valence-electron chi connectivity index (χ0n) is 12.3. The molecule has 1 heterocycles. The van der Waals surface area contributed by atoms with Gasteiger partial charge in [0.05, 0.1) is 10.9 Å². The van der Waals surface area contributed by atoms with Crippen molar-refractivity contribution in [3.05, 3.63) is 44.6 Å². The van der Waals surface area contributed by atoms with Crippen molar-refractivity contribution in [1.82, 2.24) is 5.32 Å². The zero-order chi connectivity index (χ0) is 15.1. The van der Waals surface area contributed by atoms with Crippen LogP contribution < -0.4 is 14.8 Å². The number of nitrogens with one attached hydrogen (secondary N) is 1. The van der Waals surface area contributed by atoms with Gasteiger partial charge in [-0.2, -0.15) is 0 Å². The molecule has 1 aromatic carbocycles. The molecule has 1 aromatic heterocycles.